The zero-order valence-electron chi connectivity index (χ0n) is 37.8. The second-order valence-corrected chi connectivity index (χ2v) is 22.2. The number of aliphatic hydroxyl groups excluding tert-OH is 9. The van der Waals surface area contributed by atoms with Gasteiger partial charge in [0.15, 0.2) is 24.7 Å². The van der Waals surface area contributed by atoms with E-state index in [2.05, 4.69) is 33.8 Å². The summed E-state index contributed by atoms with van der Waals surface area (Å²) >= 11 is 0. The molecule has 0 radical (unpaired) electrons. The Morgan fingerprint density at radius 1 is 0.730 bits per heavy atom. The third-order valence-electron chi connectivity index (χ3n) is 18.4. The molecule has 0 amide bonds. The molecule has 9 rings (SSSR count). The minimum atomic E-state index is -1.72. The highest BCUT2D eigenvalue weighted by molar-refractivity contribution is 5.25. The van der Waals surface area contributed by atoms with Gasteiger partial charge >= 0.3 is 0 Å². The molecule has 17 heteroatoms. The average Bonchev–Trinajstić information content (AvgIpc) is 3.75. The molecule has 4 saturated carbocycles. The van der Waals surface area contributed by atoms with E-state index in [-0.39, 0.29) is 58.2 Å². The molecular weight excluding hydrogens is 824 g/mol. The Bertz CT molecular complexity index is 1690. The van der Waals surface area contributed by atoms with Crippen molar-refractivity contribution in [3.05, 3.63) is 11.6 Å². The first-order valence-corrected chi connectivity index (χ1v) is 23.5. The lowest BCUT2D eigenvalue weighted by Gasteiger charge is -2.70. The molecule has 9 aliphatic rings. The molecule has 5 heterocycles. The molecule has 25 atom stereocenters. The average molecular weight is 899 g/mol. The fourth-order valence-electron chi connectivity index (χ4n) is 15.3. The van der Waals surface area contributed by atoms with E-state index in [1.54, 1.807) is 6.92 Å². The first-order valence-electron chi connectivity index (χ1n) is 23.5. The summed E-state index contributed by atoms with van der Waals surface area (Å²) in [6.45, 7) is 14.9. The number of rotatable bonds is 8. The molecule has 4 aliphatic carbocycles. The molecule has 9 N–H and O–H groups in total. The van der Waals surface area contributed by atoms with E-state index in [1.165, 1.54) is 0 Å². The van der Waals surface area contributed by atoms with Gasteiger partial charge in [-0.15, -0.1) is 0 Å². The van der Waals surface area contributed by atoms with Crippen molar-refractivity contribution in [1.29, 1.82) is 0 Å². The van der Waals surface area contributed by atoms with Crippen LogP contribution in [0.3, 0.4) is 0 Å². The van der Waals surface area contributed by atoms with Crippen molar-refractivity contribution >= 4 is 0 Å². The summed E-state index contributed by atoms with van der Waals surface area (Å²) < 4.78 is 51.3. The van der Waals surface area contributed by atoms with E-state index >= 15 is 0 Å². The maximum atomic E-state index is 11.2. The number of ether oxygens (including phenoxy) is 8. The van der Waals surface area contributed by atoms with Gasteiger partial charge in [0.25, 0.3) is 0 Å². The van der Waals surface area contributed by atoms with Gasteiger partial charge < -0.3 is 83.9 Å². The summed E-state index contributed by atoms with van der Waals surface area (Å²) in [7, 11) is 0. The van der Waals surface area contributed by atoms with E-state index in [4.69, 9.17) is 37.9 Å². The standard InChI is InChI=1S/C46H74O17/c1-20(2)14-22-15-25(59-39-36(54)34(52)31(49)21(3)58-39)30-23-8-9-28-43(6)12-11-29(42(4,5)27(43)10-13-44(28,7)45(23)18-46(30,63-22)57-19-45)61-41-38(32(50)24(48)17-56-41)62-40-37(55)35(53)33(51)26(16-47)60-40/h14,21-41,47-55H,8-13,15-19H2,1-7H3. The molecule has 63 heavy (non-hydrogen) atoms. The van der Waals surface area contributed by atoms with Crippen molar-refractivity contribution in [2.45, 2.75) is 210 Å². The zero-order valence-corrected chi connectivity index (χ0v) is 37.8. The van der Waals surface area contributed by atoms with Gasteiger partial charge in [0, 0.05) is 24.2 Å². The Kier molecular flexibility index (Phi) is 12.4. The van der Waals surface area contributed by atoms with Gasteiger partial charge in [0.2, 0.25) is 0 Å². The minimum absolute atomic E-state index is 0.0799. The molecule has 0 aromatic carbocycles. The predicted octanol–water partition coefficient (Wildman–Crippen LogP) is 0.604. The van der Waals surface area contributed by atoms with E-state index in [1.807, 2.05) is 13.8 Å². The van der Waals surface area contributed by atoms with E-state index in [0.717, 1.165) is 44.1 Å². The number of allylic oxidation sites excluding steroid dienone is 1. The van der Waals surface area contributed by atoms with Gasteiger partial charge in [-0.3, -0.25) is 0 Å². The summed E-state index contributed by atoms with van der Waals surface area (Å²) in [4.78, 5) is 0. The molecule has 25 unspecified atom stereocenters. The van der Waals surface area contributed by atoms with Crippen molar-refractivity contribution in [3.63, 3.8) is 0 Å². The number of hydrogen-bond donors (Lipinski definition) is 9. The van der Waals surface area contributed by atoms with Crippen LogP contribution >= 0.6 is 0 Å². The number of aliphatic hydroxyl groups is 9. The second-order valence-electron chi connectivity index (χ2n) is 22.2. The van der Waals surface area contributed by atoms with Crippen LogP contribution in [0.4, 0.5) is 0 Å². The summed E-state index contributed by atoms with van der Waals surface area (Å²) in [5, 5.41) is 95.4. The van der Waals surface area contributed by atoms with Crippen molar-refractivity contribution < 1.29 is 83.9 Å². The topological polar surface area (TPSA) is 256 Å². The Balaban J connectivity index is 0.954. The lowest BCUT2D eigenvalue weighted by atomic mass is 9.35. The Hall–Kier alpha value is -0.940. The van der Waals surface area contributed by atoms with Crippen molar-refractivity contribution in [3.8, 4) is 0 Å². The Morgan fingerprint density at radius 3 is 2.13 bits per heavy atom. The third kappa shape index (κ3) is 7.19. The van der Waals surface area contributed by atoms with Crippen LogP contribution in [0.1, 0.15) is 99.8 Å². The normalized spacial score (nSPS) is 57.4. The smallest absolute Gasteiger partial charge is 0.187 e. The SMILES string of the molecule is CC(C)=CC1CC(OC2OC(C)C(O)C(O)C2O)C2C3CCC4C5(C)CCC(OC6OCC(O)C(O)C6OC6OC(CO)C(O)C(O)C6O)C(C)(C)C5CCC4(C)C34COC2(C4)O1. The quantitative estimate of drug-likeness (QED) is 0.120. The highest BCUT2D eigenvalue weighted by Crippen LogP contribution is 2.80. The molecule has 2 bridgehead atoms. The monoisotopic (exact) mass is 898 g/mol. The van der Waals surface area contributed by atoms with Crippen LogP contribution in [0, 0.1) is 45.3 Å². The van der Waals surface area contributed by atoms with Gasteiger partial charge in [0.1, 0.15) is 61.0 Å². The minimum Gasteiger partial charge on any atom is -0.394 e. The third-order valence-corrected chi connectivity index (χ3v) is 18.4. The summed E-state index contributed by atoms with van der Waals surface area (Å²) in [5.74, 6) is -0.215. The summed E-state index contributed by atoms with van der Waals surface area (Å²) in [5.41, 5.74) is 0.332. The van der Waals surface area contributed by atoms with Gasteiger partial charge in [0.05, 0.1) is 44.2 Å². The van der Waals surface area contributed by atoms with Crippen LogP contribution in [-0.2, 0) is 37.9 Å². The first kappa shape index (κ1) is 47.1. The zero-order chi connectivity index (χ0) is 45.3. The lowest BCUT2D eigenvalue weighted by molar-refractivity contribution is -0.368. The molecule has 2 spiro atoms. The molecular formula is C46H74O17. The molecule has 0 aromatic heterocycles. The van der Waals surface area contributed by atoms with Gasteiger partial charge in [-0.2, -0.15) is 0 Å². The van der Waals surface area contributed by atoms with Gasteiger partial charge in [-0.25, -0.2) is 0 Å². The number of fused-ring (bicyclic) bond motifs is 4. The predicted molar refractivity (Wildman–Crippen MR) is 219 cm³/mol. The molecule has 0 aromatic rings. The van der Waals surface area contributed by atoms with Crippen LogP contribution < -0.4 is 0 Å². The molecule has 5 aliphatic heterocycles. The maximum absolute atomic E-state index is 11.2. The highest BCUT2D eigenvalue weighted by atomic mass is 16.8. The lowest BCUT2D eigenvalue weighted by Crippen LogP contribution is -2.67. The van der Waals surface area contributed by atoms with Crippen LogP contribution in [0.5, 0.6) is 0 Å². The summed E-state index contributed by atoms with van der Waals surface area (Å²) in [6, 6.07) is 0. The Labute approximate surface area is 369 Å². The van der Waals surface area contributed by atoms with Gasteiger partial charge in [-0.1, -0.05) is 39.3 Å². The molecule has 17 nitrogen and oxygen atoms in total. The highest BCUT2D eigenvalue weighted by Gasteiger charge is 2.80. The second kappa shape index (κ2) is 16.6. The van der Waals surface area contributed by atoms with Crippen LogP contribution in [-0.4, -0.2) is 176 Å². The van der Waals surface area contributed by atoms with Crippen molar-refractivity contribution in [1.82, 2.24) is 0 Å². The largest absolute Gasteiger partial charge is 0.394 e. The van der Waals surface area contributed by atoms with Crippen molar-refractivity contribution in [2.24, 2.45) is 45.3 Å². The van der Waals surface area contributed by atoms with E-state index < -0.39 is 105 Å². The molecule has 5 saturated heterocycles. The van der Waals surface area contributed by atoms with Gasteiger partial charge in [-0.05, 0) is 93.3 Å². The fraction of sp³-hybridized carbons (Fsp3) is 0.957. The molecule has 360 valence electrons. The van der Waals surface area contributed by atoms with E-state index in [9.17, 15) is 46.0 Å². The van der Waals surface area contributed by atoms with Crippen LogP contribution in [0.2, 0.25) is 0 Å². The Morgan fingerprint density at radius 2 is 1.43 bits per heavy atom. The fourth-order valence-corrected chi connectivity index (χ4v) is 15.3. The maximum Gasteiger partial charge on any atom is 0.187 e. The summed E-state index contributed by atoms with van der Waals surface area (Å²) in [6.07, 6.45) is -11.2. The number of hydrogen-bond acceptors (Lipinski definition) is 17. The molecule has 9 fully saturated rings. The van der Waals surface area contributed by atoms with Crippen LogP contribution in [0.25, 0.3) is 0 Å². The van der Waals surface area contributed by atoms with Crippen LogP contribution in [0.15, 0.2) is 11.6 Å². The van der Waals surface area contributed by atoms with Crippen molar-refractivity contribution in [2.75, 3.05) is 19.8 Å². The first-order chi connectivity index (χ1) is 29.6. The van der Waals surface area contributed by atoms with E-state index in [0.29, 0.717) is 25.4 Å².